The number of hydrogen-bond acceptors (Lipinski definition) is 3. The zero-order chi connectivity index (χ0) is 17.8. The van der Waals surface area contributed by atoms with E-state index in [0.717, 1.165) is 32.1 Å². The topological polar surface area (TPSA) is 74.8 Å². The smallest absolute Gasteiger partial charge is 0.221 e. The van der Waals surface area contributed by atoms with Gasteiger partial charge >= 0.3 is 0 Å². The Labute approximate surface area is 147 Å². The molecule has 140 valence electrons. The lowest BCUT2D eigenvalue weighted by Gasteiger charge is -2.27. The maximum atomic E-state index is 11.7. The van der Waals surface area contributed by atoms with Crippen LogP contribution in [0.2, 0.25) is 0 Å². The van der Waals surface area contributed by atoms with Crippen molar-refractivity contribution in [1.82, 2.24) is 16.0 Å². The van der Waals surface area contributed by atoms with Gasteiger partial charge in [0.25, 0.3) is 0 Å². The van der Waals surface area contributed by atoms with Crippen molar-refractivity contribution in [2.75, 3.05) is 33.4 Å². The van der Waals surface area contributed by atoms with E-state index in [2.05, 4.69) is 22.9 Å². The van der Waals surface area contributed by atoms with E-state index in [0.29, 0.717) is 13.0 Å². The van der Waals surface area contributed by atoms with Gasteiger partial charge in [-0.1, -0.05) is 12.8 Å². The van der Waals surface area contributed by atoms with Crippen LogP contribution in [0.25, 0.3) is 0 Å². The molecule has 3 N–H and O–H groups in total. The second-order valence-electron chi connectivity index (χ2n) is 7.04. The van der Waals surface area contributed by atoms with E-state index in [9.17, 15) is 4.79 Å². The Hall–Kier alpha value is -1.30. The molecule has 0 aromatic carbocycles. The lowest BCUT2D eigenvalue weighted by atomic mass is 9.83. The Morgan fingerprint density at radius 1 is 1.25 bits per heavy atom. The minimum atomic E-state index is 0.0701. The van der Waals surface area contributed by atoms with Crippen LogP contribution in [0.3, 0.4) is 0 Å². The summed E-state index contributed by atoms with van der Waals surface area (Å²) in [6, 6.07) is 0.183. The van der Waals surface area contributed by atoms with Crippen molar-refractivity contribution in [2.24, 2.45) is 10.4 Å². The molecule has 1 saturated carbocycles. The quantitative estimate of drug-likeness (QED) is 0.420. The molecular formula is C18H36N4O2. The number of methoxy groups -OCH3 is 1. The first-order chi connectivity index (χ1) is 11.5. The van der Waals surface area contributed by atoms with Crippen molar-refractivity contribution in [3.63, 3.8) is 0 Å². The van der Waals surface area contributed by atoms with Gasteiger partial charge in [0.2, 0.25) is 5.91 Å². The van der Waals surface area contributed by atoms with Crippen LogP contribution < -0.4 is 16.0 Å². The third kappa shape index (κ3) is 7.99. The number of nitrogens with zero attached hydrogens (tertiary/aromatic N) is 1. The monoisotopic (exact) mass is 340 g/mol. The second kappa shape index (κ2) is 11.3. The number of guanidine groups is 1. The van der Waals surface area contributed by atoms with Crippen LogP contribution in [0.5, 0.6) is 0 Å². The van der Waals surface area contributed by atoms with Crippen LogP contribution in [-0.4, -0.2) is 51.3 Å². The predicted octanol–water partition coefficient (Wildman–Crippen LogP) is 2.05. The van der Waals surface area contributed by atoms with Crippen molar-refractivity contribution < 1.29 is 9.53 Å². The maximum Gasteiger partial charge on any atom is 0.221 e. The number of carbonyl (C=O) groups excluding carboxylic acids is 1. The van der Waals surface area contributed by atoms with E-state index >= 15 is 0 Å². The van der Waals surface area contributed by atoms with Gasteiger partial charge in [0, 0.05) is 45.8 Å². The van der Waals surface area contributed by atoms with E-state index in [4.69, 9.17) is 9.73 Å². The van der Waals surface area contributed by atoms with Crippen LogP contribution in [0, 0.1) is 5.41 Å². The fourth-order valence-corrected chi connectivity index (χ4v) is 3.21. The summed E-state index contributed by atoms with van der Waals surface area (Å²) >= 11 is 0. The third-order valence-corrected chi connectivity index (χ3v) is 4.51. The Morgan fingerprint density at radius 3 is 2.54 bits per heavy atom. The van der Waals surface area contributed by atoms with Gasteiger partial charge in [0.15, 0.2) is 5.96 Å². The van der Waals surface area contributed by atoms with Crippen LogP contribution >= 0.6 is 0 Å². The molecule has 6 nitrogen and oxygen atoms in total. The molecule has 0 heterocycles. The first kappa shape index (κ1) is 20.7. The predicted molar refractivity (Wildman–Crippen MR) is 99.3 cm³/mol. The highest BCUT2D eigenvalue weighted by molar-refractivity contribution is 5.81. The van der Waals surface area contributed by atoms with Crippen LogP contribution in [0.4, 0.5) is 0 Å². The molecule has 1 aliphatic carbocycles. The zero-order valence-corrected chi connectivity index (χ0v) is 15.9. The molecule has 24 heavy (non-hydrogen) atoms. The maximum absolute atomic E-state index is 11.7. The molecule has 0 atom stereocenters. The van der Waals surface area contributed by atoms with Gasteiger partial charge in [0.05, 0.1) is 0 Å². The summed E-state index contributed by atoms with van der Waals surface area (Å²) in [7, 11) is 1.76. The largest absolute Gasteiger partial charge is 0.385 e. The normalized spacial score (nSPS) is 17.1. The molecule has 6 heteroatoms. The van der Waals surface area contributed by atoms with E-state index in [1.54, 1.807) is 7.11 Å². The van der Waals surface area contributed by atoms with Crippen molar-refractivity contribution >= 4 is 11.9 Å². The molecule has 0 radical (unpaired) electrons. The van der Waals surface area contributed by atoms with Gasteiger partial charge in [-0.05, 0) is 45.4 Å². The molecule has 0 unspecified atom stereocenters. The number of ether oxygens (including phenoxy) is 1. The first-order valence-corrected chi connectivity index (χ1v) is 9.32. The van der Waals surface area contributed by atoms with Crippen molar-refractivity contribution in [3.05, 3.63) is 0 Å². The van der Waals surface area contributed by atoms with Gasteiger partial charge in [-0.2, -0.15) is 0 Å². The number of carbonyl (C=O) groups is 1. The fourth-order valence-electron chi connectivity index (χ4n) is 3.21. The highest BCUT2D eigenvalue weighted by Gasteiger charge is 2.33. The average molecular weight is 341 g/mol. The SMILES string of the molecule is CCNC(=NCC1(CCOC)CCCC1)NCCC(=O)NC(C)C. The van der Waals surface area contributed by atoms with Crippen LogP contribution in [0.1, 0.15) is 59.3 Å². The molecule has 0 saturated heterocycles. The lowest BCUT2D eigenvalue weighted by Crippen LogP contribution is -2.40. The molecule has 1 aliphatic rings. The molecule has 1 rings (SSSR count). The summed E-state index contributed by atoms with van der Waals surface area (Å²) < 4.78 is 5.28. The van der Waals surface area contributed by atoms with Gasteiger partial charge in [-0.25, -0.2) is 0 Å². The van der Waals surface area contributed by atoms with E-state index in [1.165, 1.54) is 25.7 Å². The summed E-state index contributed by atoms with van der Waals surface area (Å²) in [6.45, 7) is 9.03. The van der Waals surface area contributed by atoms with Gasteiger partial charge in [-0.15, -0.1) is 0 Å². The summed E-state index contributed by atoms with van der Waals surface area (Å²) in [5, 5.41) is 9.44. The Bertz CT molecular complexity index is 390. The van der Waals surface area contributed by atoms with E-state index < -0.39 is 0 Å². The van der Waals surface area contributed by atoms with Gasteiger partial charge in [-0.3, -0.25) is 9.79 Å². The van der Waals surface area contributed by atoms with Crippen molar-refractivity contribution in [3.8, 4) is 0 Å². The number of hydrogen-bond donors (Lipinski definition) is 3. The summed E-state index contributed by atoms with van der Waals surface area (Å²) in [5.41, 5.74) is 0.285. The first-order valence-electron chi connectivity index (χ1n) is 9.32. The minimum Gasteiger partial charge on any atom is -0.385 e. The van der Waals surface area contributed by atoms with Crippen molar-refractivity contribution in [1.29, 1.82) is 0 Å². The fraction of sp³-hybridized carbons (Fsp3) is 0.889. The van der Waals surface area contributed by atoms with E-state index in [-0.39, 0.29) is 17.4 Å². The Morgan fingerprint density at radius 2 is 1.96 bits per heavy atom. The molecule has 1 fully saturated rings. The molecule has 0 spiro atoms. The van der Waals surface area contributed by atoms with Crippen molar-refractivity contribution in [2.45, 2.75) is 65.3 Å². The van der Waals surface area contributed by atoms with Gasteiger partial charge < -0.3 is 20.7 Å². The van der Waals surface area contributed by atoms with Crippen LogP contribution in [0.15, 0.2) is 4.99 Å². The third-order valence-electron chi connectivity index (χ3n) is 4.51. The molecule has 1 amide bonds. The van der Waals surface area contributed by atoms with Gasteiger partial charge in [0.1, 0.15) is 0 Å². The summed E-state index contributed by atoms with van der Waals surface area (Å²) in [6.07, 6.45) is 6.57. The minimum absolute atomic E-state index is 0.0701. The highest BCUT2D eigenvalue weighted by Crippen LogP contribution is 2.41. The molecule has 0 bridgehead atoms. The van der Waals surface area contributed by atoms with E-state index in [1.807, 2.05) is 13.8 Å². The molecular weight excluding hydrogens is 304 g/mol. The number of rotatable bonds is 10. The average Bonchev–Trinajstić information content (AvgIpc) is 2.99. The molecule has 0 aliphatic heterocycles. The summed E-state index contributed by atoms with van der Waals surface area (Å²) in [5.74, 6) is 0.874. The standard InChI is InChI=1S/C18H36N4O2/c1-5-19-17(20-12-8-16(23)22-15(2)3)21-14-18(11-13-24-4)9-6-7-10-18/h15H,5-14H2,1-4H3,(H,22,23)(H2,19,20,21). The highest BCUT2D eigenvalue weighted by atomic mass is 16.5. The summed E-state index contributed by atoms with van der Waals surface area (Å²) in [4.78, 5) is 16.5. The van der Waals surface area contributed by atoms with Crippen LogP contribution in [-0.2, 0) is 9.53 Å². The molecule has 0 aromatic heterocycles. The zero-order valence-electron chi connectivity index (χ0n) is 15.9. The number of nitrogens with one attached hydrogen (secondary N) is 3. The molecule has 0 aromatic rings. The lowest BCUT2D eigenvalue weighted by molar-refractivity contribution is -0.121. The number of amides is 1. The Kier molecular flexibility index (Phi) is 9.76. The number of aliphatic imine (C=N–C) groups is 1. The second-order valence-corrected chi connectivity index (χ2v) is 7.04. The Balaban J connectivity index is 2.49.